The maximum Gasteiger partial charge on any atom is 0.161 e. The highest BCUT2D eigenvalue weighted by atomic mass is 16.5. The number of hydrogen-bond donors (Lipinski definition) is 0. The molecule has 0 aromatic heterocycles. The Labute approximate surface area is 102 Å². The normalized spacial score (nSPS) is 14.2. The summed E-state index contributed by atoms with van der Waals surface area (Å²) in [7, 11) is 0. The van der Waals surface area contributed by atoms with Gasteiger partial charge in [0.05, 0.1) is 13.2 Å². The van der Waals surface area contributed by atoms with Crippen molar-refractivity contribution >= 4 is 5.78 Å². The van der Waals surface area contributed by atoms with Gasteiger partial charge in [0.1, 0.15) is 5.78 Å². The van der Waals surface area contributed by atoms with E-state index in [4.69, 9.17) is 9.47 Å². The highest BCUT2D eigenvalue weighted by Crippen LogP contribution is 2.30. The second-order valence-electron chi connectivity index (χ2n) is 4.39. The van der Waals surface area contributed by atoms with Gasteiger partial charge < -0.3 is 14.3 Å². The summed E-state index contributed by atoms with van der Waals surface area (Å²) in [5.41, 5.74) is 1.20. The lowest BCUT2D eigenvalue weighted by atomic mass is 10.1. The van der Waals surface area contributed by atoms with Gasteiger partial charge in [-0.3, -0.25) is 0 Å². The van der Waals surface area contributed by atoms with Crippen LogP contribution in [0.3, 0.4) is 0 Å². The molecule has 0 fully saturated rings. The molecular formula is C14H18O3. The van der Waals surface area contributed by atoms with Crippen molar-refractivity contribution in [1.29, 1.82) is 0 Å². The van der Waals surface area contributed by atoms with Crippen LogP contribution < -0.4 is 9.47 Å². The SMILES string of the molecule is CC(=O)CCCc1ccc2c(c1)OCCCO2. The molecule has 17 heavy (non-hydrogen) atoms. The molecule has 0 unspecified atom stereocenters. The molecule has 0 saturated carbocycles. The standard InChI is InChI=1S/C14H18O3/c1-11(15)4-2-5-12-6-7-13-14(10-12)17-9-3-8-16-13/h6-7,10H,2-5,8-9H2,1H3. The van der Waals surface area contributed by atoms with E-state index in [0.717, 1.165) is 37.4 Å². The summed E-state index contributed by atoms with van der Waals surface area (Å²) in [6.07, 6.45) is 3.38. The van der Waals surface area contributed by atoms with E-state index in [1.807, 2.05) is 18.2 Å². The minimum absolute atomic E-state index is 0.249. The number of hydrogen-bond acceptors (Lipinski definition) is 3. The molecule has 1 aromatic carbocycles. The molecule has 0 aliphatic carbocycles. The van der Waals surface area contributed by atoms with E-state index in [-0.39, 0.29) is 5.78 Å². The molecule has 1 aromatic rings. The molecule has 92 valence electrons. The van der Waals surface area contributed by atoms with Crippen molar-refractivity contribution in [1.82, 2.24) is 0 Å². The lowest BCUT2D eigenvalue weighted by molar-refractivity contribution is -0.117. The summed E-state index contributed by atoms with van der Waals surface area (Å²) in [5.74, 6) is 1.92. The third kappa shape index (κ3) is 3.48. The topological polar surface area (TPSA) is 35.5 Å². The average Bonchev–Trinajstić information content (AvgIpc) is 2.53. The van der Waals surface area contributed by atoms with Crippen LogP contribution in [-0.4, -0.2) is 19.0 Å². The monoisotopic (exact) mass is 234 g/mol. The maximum atomic E-state index is 10.9. The van der Waals surface area contributed by atoms with E-state index >= 15 is 0 Å². The van der Waals surface area contributed by atoms with Gasteiger partial charge in [0.25, 0.3) is 0 Å². The van der Waals surface area contributed by atoms with Crippen LogP contribution in [0, 0.1) is 0 Å². The first-order valence-electron chi connectivity index (χ1n) is 6.13. The highest BCUT2D eigenvalue weighted by Gasteiger charge is 2.10. The first kappa shape index (κ1) is 12.0. The number of carbonyl (C=O) groups is 1. The fourth-order valence-corrected chi connectivity index (χ4v) is 1.90. The number of benzene rings is 1. The second-order valence-corrected chi connectivity index (χ2v) is 4.39. The van der Waals surface area contributed by atoms with Gasteiger partial charge in [-0.25, -0.2) is 0 Å². The predicted octanol–water partition coefficient (Wildman–Crippen LogP) is 2.76. The lowest BCUT2D eigenvalue weighted by Crippen LogP contribution is -1.97. The molecule has 0 bridgehead atoms. The van der Waals surface area contributed by atoms with Crippen molar-refractivity contribution < 1.29 is 14.3 Å². The Kier molecular flexibility index (Phi) is 4.02. The first-order chi connectivity index (χ1) is 8.25. The Balaban J connectivity index is 1.99. The number of rotatable bonds is 4. The molecule has 0 atom stereocenters. The molecule has 3 heteroatoms. The molecule has 1 aliphatic heterocycles. The molecule has 0 N–H and O–H groups in total. The van der Waals surface area contributed by atoms with E-state index in [1.54, 1.807) is 6.92 Å². The van der Waals surface area contributed by atoms with Crippen LogP contribution in [0.5, 0.6) is 11.5 Å². The number of fused-ring (bicyclic) bond motifs is 1. The minimum Gasteiger partial charge on any atom is -0.490 e. The molecule has 1 heterocycles. The summed E-state index contributed by atoms with van der Waals surface area (Å²) in [5, 5.41) is 0. The fraction of sp³-hybridized carbons (Fsp3) is 0.500. The van der Waals surface area contributed by atoms with Crippen LogP contribution in [-0.2, 0) is 11.2 Å². The highest BCUT2D eigenvalue weighted by molar-refractivity contribution is 5.75. The van der Waals surface area contributed by atoms with Crippen molar-refractivity contribution in [3.63, 3.8) is 0 Å². The number of aryl methyl sites for hydroxylation is 1. The van der Waals surface area contributed by atoms with Crippen LogP contribution in [0.4, 0.5) is 0 Å². The van der Waals surface area contributed by atoms with Gasteiger partial charge in [0.15, 0.2) is 11.5 Å². The van der Waals surface area contributed by atoms with Gasteiger partial charge in [-0.2, -0.15) is 0 Å². The van der Waals surface area contributed by atoms with E-state index in [9.17, 15) is 4.79 Å². The van der Waals surface area contributed by atoms with Crippen molar-refractivity contribution in [2.75, 3.05) is 13.2 Å². The van der Waals surface area contributed by atoms with Gasteiger partial charge in [0.2, 0.25) is 0 Å². The van der Waals surface area contributed by atoms with Crippen molar-refractivity contribution in [2.45, 2.75) is 32.6 Å². The quantitative estimate of drug-likeness (QED) is 0.803. The van der Waals surface area contributed by atoms with Gasteiger partial charge in [-0.05, 0) is 37.5 Å². The molecule has 2 rings (SSSR count). The first-order valence-corrected chi connectivity index (χ1v) is 6.13. The molecule has 0 radical (unpaired) electrons. The van der Waals surface area contributed by atoms with E-state index < -0.39 is 0 Å². The van der Waals surface area contributed by atoms with E-state index in [0.29, 0.717) is 13.0 Å². The molecule has 0 amide bonds. The van der Waals surface area contributed by atoms with Crippen LogP contribution in [0.25, 0.3) is 0 Å². The Morgan fingerprint density at radius 3 is 2.76 bits per heavy atom. The summed E-state index contributed by atoms with van der Waals surface area (Å²) < 4.78 is 11.2. The smallest absolute Gasteiger partial charge is 0.161 e. The van der Waals surface area contributed by atoms with Gasteiger partial charge in [-0.1, -0.05) is 6.07 Å². The molecule has 0 saturated heterocycles. The average molecular weight is 234 g/mol. The summed E-state index contributed by atoms with van der Waals surface area (Å²) >= 11 is 0. The Morgan fingerprint density at radius 1 is 1.24 bits per heavy atom. The lowest BCUT2D eigenvalue weighted by Gasteiger charge is -2.09. The summed E-state index contributed by atoms with van der Waals surface area (Å²) in [6.45, 7) is 3.06. The number of Topliss-reactive ketones (excluding diaryl/α,β-unsaturated/α-hetero) is 1. The van der Waals surface area contributed by atoms with Gasteiger partial charge in [0, 0.05) is 12.8 Å². The van der Waals surface area contributed by atoms with Crippen LogP contribution in [0.2, 0.25) is 0 Å². The second kappa shape index (κ2) is 5.71. The number of carbonyl (C=O) groups excluding carboxylic acids is 1. The van der Waals surface area contributed by atoms with E-state index in [1.165, 1.54) is 5.56 Å². The van der Waals surface area contributed by atoms with Crippen LogP contribution in [0.1, 0.15) is 31.7 Å². The third-order valence-electron chi connectivity index (χ3n) is 2.81. The Bertz CT molecular complexity index is 398. The van der Waals surface area contributed by atoms with Crippen molar-refractivity contribution in [3.05, 3.63) is 23.8 Å². The zero-order valence-corrected chi connectivity index (χ0v) is 10.2. The zero-order valence-electron chi connectivity index (χ0n) is 10.2. The number of ketones is 1. The molecule has 0 spiro atoms. The Hall–Kier alpha value is -1.51. The molecule has 3 nitrogen and oxygen atoms in total. The molecular weight excluding hydrogens is 216 g/mol. The largest absolute Gasteiger partial charge is 0.490 e. The predicted molar refractivity (Wildman–Crippen MR) is 65.7 cm³/mol. The van der Waals surface area contributed by atoms with Crippen LogP contribution in [0.15, 0.2) is 18.2 Å². The zero-order chi connectivity index (χ0) is 12.1. The molecule has 1 aliphatic rings. The van der Waals surface area contributed by atoms with Crippen LogP contribution >= 0.6 is 0 Å². The maximum absolute atomic E-state index is 10.9. The fourth-order valence-electron chi connectivity index (χ4n) is 1.90. The summed E-state index contributed by atoms with van der Waals surface area (Å²) in [4.78, 5) is 10.9. The van der Waals surface area contributed by atoms with Crippen molar-refractivity contribution in [2.24, 2.45) is 0 Å². The minimum atomic E-state index is 0.249. The third-order valence-corrected chi connectivity index (χ3v) is 2.81. The number of ether oxygens (including phenoxy) is 2. The van der Waals surface area contributed by atoms with E-state index in [2.05, 4.69) is 0 Å². The Morgan fingerprint density at radius 2 is 2.00 bits per heavy atom. The van der Waals surface area contributed by atoms with Gasteiger partial charge in [-0.15, -0.1) is 0 Å². The van der Waals surface area contributed by atoms with Crippen molar-refractivity contribution in [3.8, 4) is 11.5 Å². The van der Waals surface area contributed by atoms with Gasteiger partial charge >= 0.3 is 0 Å². The summed E-state index contributed by atoms with van der Waals surface area (Å²) in [6, 6.07) is 6.04.